The predicted molar refractivity (Wildman–Crippen MR) is 146 cm³/mol. The monoisotopic (exact) mass is 477 g/mol. The van der Waals surface area contributed by atoms with E-state index in [9.17, 15) is 9.59 Å². The first-order chi connectivity index (χ1) is 16.7. The number of nitrogens with one attached hydrogen (secondary N) is 1. The molecule has 1 N–H and O–H groups in total. The van der Waals surface area contributed by atoms with Crippen LogP contribution in [0.1, 0.15) is 76.8 Å². The number of nitrogens with zero attached hydrogens (tertiary/aromatic N) is 2. The lowest BCUT2D eigenvalue weighted by atomic mass is 9.92. The first-order valence-corrected chi connectivity index (χ1v) is 13.2. The fraction of sp³-hybridized carbons (Fsp3) is 0.533. The van der Waals surface area contributed by atoms with E-state index in [1.165, 1.54) is 0 Å². The van der Waals surface area contributed by atoms with Crippen molar-refractivity contribution in [2.75, 3.05) is 24.3 Å². The maximum atomic E-state index is 14.0. The fourth-order valence-electron chi connectivity index (χ4n) is 5.06. The van der Waals surface area contributed by atoms with Crippen LogP contribution in [0.15, 0.2) is 48.5 Å². The molecule has 1 aliphatic rings. The van der Waals surface area contributed by atoms with Gasteiger partial charge in [-0.3, -0.25) is 9.59 Å². The summed E-state index contributed by atoms with van der Waals surface area (Å²) in [4.78, 5) is 30.9. The number of benzene rings is 2. The van der Waals surface area contributed by atoms with Crippen LogP contribution in [0, 0.1) is 11.8 Å². The third-order valence-electron chi connectivity index (χ3n) is 7.54. The summed E-state index contributed by atoms with van der Waals surface area (Å²) in [5, 5.41) is 3.14. The molecular weight excluding hydrogens is 434 g/mol. The quantitative estimate of drug-likeness (QED) is 0.428. The fourth-order valence-corrected chi connectivity index (χ4v) is 5.06. The highest BCUT2D eigenvalue weighted by molar-refractivity contribution is 5.93. The van der Waals surface area contributed by atoms with Gasteiger partial charge >= 0.3 is 0 Å². The number of carbonyl (C=O) groups excluding carboxylic acids is 2. The summed E-state index contributed by atoms with van der Waals surface area (Å²) >= 11 is 0. The molecule has 1 fully saturated rings. The average molecular weight is 478 g/mol. The summed E-state index contributed by atoms with van der Waals surface area (Å²) < 4.78 is 0. The Balaban J connectivity index is 1.93. The normalized spacial score (nSPS) is 15.6. The van der Waals surface area contributed by atoms with Gasteiger partial charge in [0, 0.05) is 44.0 Å². The molecule has 0 radical (unpaired) electrons. The van der Waals surface area contributed by atoms with Crippen molar-refractivity contribution in [3.8, 4) is 0 Å². The second kappa shape index (κ2) is 12.2. The smallest absolute Gasteiger partial charge is 0.230 e. The number of amides is 2. The van der Waals surface area contributed by atoms with Gasteiger partial charge in [0.15, 0.2) is 0 Å². The lowest BCUT2D eigenvalue weighted by molar-refractivity contribution is -0.136. The second-order valence-electron chi connectivity index (χ2n) is 10.5. The molecule has 0 aliphatic heterocycles. The van der Waals surface area contributed by atoms with Crippen LogP contribution in [0.5, 0.6) is 0 Å². The summed E-state index contributed by atoms with van der Waals surface area (Å²) in [6.45, 7) is 9.06. The summed E-state index contributed by atoms with van der Waals surface area (Å²) in [6, 6.07) is 16.3. The minimum absolute atomic E-state index is 0.0759. The van der Waals surface area contributed by atoms with E-state index in [4.69, 9.17) is 0 Å². The molecule has 35 heavy (non-hydrogen) atoms. The minimum Gasteiger partial charge on any atom is -0.377 e. The Bertz CT molecular complexity index is 980. The van der Waals surface area contributed by atoms with E-state index < -0.39 is 0 Å². The molecule has 2 aromatic carbocycles. The Hall–Kier alpha value is -2.82. The highest BCUT2D eigenvalue weighted by atomic mass is 16.2. The van der Waals surface area contributed by atoms with Crippen molar-refractivity contribution in [2.45, 2.75) is 78.3 Å². The van der Waals surface area contributed by atoms with E-state index >= 15 is 0 Å². The van der Waals surface area contributed by atoms with Crippen molar-refractivity contribution in [1.82, 2.24) is 4.90 Å². The molecule has 5 nitrogen and oxygen atoms in total. The highest BCUT2D eigenvalue weighted by Gasteiger charge is 2.30. The maximum absolute atomic E-state index is 14.0. The van der Waals surface area contributed by atoms with E-state index in [1.54, 1.807) is 0 Å². The molecule has 2 amide bonds. The Labute approximate surface area is 211 Å². The third kappa shape index (κ3) is 6.65. The molecule has 190 valence electrons. The highest BCUT2D eigenvalue weighted by Crippen LogP contribution is 2.31. The molecule has 0 spiro atoms. The van der Waals surface area contributed by atoms with E-state index in [-0.39, 0.29) is 29.7 Å². The molecule has 1 saturated carbocycles. The van der Waals surface area contributed by atoms with Crippen LogP contribution < -0.4 is 10.2 Å². The Morgan fingerprint density at radius 2 is 1.66 bits per heavy atom. The molecule has 1 aliphatic carbocycles. The van der Waals surface area contributed by atoms with Gasteiger partial charge < -0.3 is 15.1 Å². The van der Waals surface area contributed by atoms with Crippen LogP contribution in [0.4, 0.5) is 11.4 Å². The van der Waals surface area contributed by atoms with Crippen molar-refractivity contribution in [2.24, 2.45) is 11.8 Å². The van der Waals surface area contributed by atoms with Gasteiger partial charge in [0.25, 0.3) is 0 Å². The molecule has 2 aromatic rings. The van der Waals surface area contributed by atoms with Crippen LogP contribution in [-0.2, 0) is 16.1 Å². The second-order valence-corrected chi connectivity index (χ2v) is 10.5. The number of hydrogen-bond donors (Lipinski definition) is 1. The van der Waals surface area contributed by atoms with E-state index in [2.05, 4.69) is 62.2 Å². The van der Waals surface area contributed by atoms with Crippen molar-refractivity contribution >= 4 is 23.2 Å². The van der Waals surface area contributed by atoms with Gasteiger partial charge in [-0.1, -0.05) is 63.9 Å². The summed E-state index contributed by atoms with van der Waals surface area (Å²) in [5.74, 6) is 0.530. The zero-order chi connectivity index (χ0) is 25.5. The lowest BCUT2D eigenvalue weighted by Crippen LogP contribution is -2.43. The van der Waals surface area contributed by atoms with Crippen molar-refractivity contribution in [3.63, 3.8) is 0 Å². The van der Waals surface area contributed by atoms with E-state index in [0.717, 1.165) is 54.6 Å². The molecule has 0 aromatic heterocycles. The average Bonchev–Trinajstić information content (AvgIpc) is 3.38. The zero-order valence-electron chi connectivity index (χ0n) is 22.4. The SMILES string of the molecule is CC[C@H](C(=O)N(Cc1cc(NC(=O)C2CCCC2)ccc1N(C)C)[C@@H](C)C(C)C)c1ccccc1. The summed E-state index contributed by atoms with van der Waals surface area (Å²) in [5.41, 5.74) is 3.97. The van der Waals surface area contributed by atoms with Gasteiger partial charge in [-0.25, -0.2) is 0 Å². The molecule has 3 rings (SSSR count). The first-order valence-electron chi connectivity index (χ1n) is 13.2. The summed E-state index contributed by atoms with van der Waals surface area (Å²) in [6.07, 6.45) is 4.96. The molecule has 0 heterocycles. The number of rotatable bonds is 10. The van der Waals surface area contributed by atoms with Gasteiger partial charge in [-0.2, -0.15) is 0 Å². The molecule has 0 bridgehead atoms. The van der Waals surface area contributed by atoms with Crippen LogP contribution in [0.3, 0.4) is 0 Å². The van der Waals surface area contributed by atoms with Gasteiger partial charge in [-0.15, -0.1) is 0 Å². The first kappa shape index (κ1) is 26.8. The Morgan fingerprint density at radius 1 is 1.00 bits per heavy atom. The van der Waals surface area contributed by atoms with Crippen LogP contribution >= 0.6 is 0 Å². The van der Waals surface area contributed by atoms with Crippen molar-refractivity contribution < 1.29 is 9.59 Å². The van der Waals surface area contributed by atoms with Gasteiger partial charge in [0.2, 0.25) is 11.8 Å². The van der Waals surface area contributed by atoms with Crippen LogP contribution in [-0.4, -0.2) is 36.9 Å². The Kier molecular flexibility index (Phi) is 9.36. The minimum atomic E-state index is -0.176. The molecule has 2 atom stereocenters. The van der Waals surface area contributed by atoms with Crippen LogP contribution in [0.2, 0.25) is 0 Å². The van der Waals surface area contributed by atoms with Crippen molar-refractivity contribution in [3.05, 3.63) is 59.7 Å². The standard InChI is InChI=1S/C30H43N3O2/c1-7-27(23-13-9-8-10-14-23)30(35)33(22(4)21(2)3)20-25-19-26(17-18-28(25)32(5)6)31-29(34)24-15-11-12-16-24/h8-10,13-14,17-19,21-22,24,27H,7,11-12,15-16,20H2,1-6H3,(H,31,34)/t22-,27-/m0/s1. The number of carbonyl (C=O) groups is 2. The van der Waals surface area contributed by atoms with Crippen molar-refractivity contribution in [1.29, 1.82) is 0 Å². The van der Waals surface area contributed by atoms with Crippen LogP contribution in [0.25, 0.3) is 0 Å². The topological polar surface area (TPSA) is 52.7 Å². The lowest BCUT2D eigenvalue weighted by Gasteiger charge is -2.36. The molecule has 5 heteroatoms. The number of anilines is 2. The Morgan fingerprint density at radius 3 is 2.23 bits per heavy atom. The van der Waals surface area contributed by atoms with Gasteiger partial charge in [0.1, 0.15) is 0 Å². The third-order valence-corrected chi connectivity index (χ3v) is 7.54. The summed E-state index contributed by atoms with van der Waals surface area (Å²) in [7, 11) is 4.04. The molecular formula is C30H43N3O2. The van der Waals surface area contributed by atoms with E-state index in [0.29, 0.717) is 12.5 Å². The molecule has 0 saturated heterocycles. The maximum Gasteiger partial charge on any atom is 0.230 e. The largest absolute Gasteiger partial charge is 0.377 e. The van der Waals surface area contributed by atoms with E-state index in [1.807, 2.05) is 43.3 Å². The predicted octanol–water partition coefficient (Wildman–Crippen LogP) is 6.45. The van der Waals surface area contributed by atoms with Gasteiger partial charge in [-0.05, 0) is 61.4 Å². The zero-order valence-corrected chi connectivity index (χ0v) is 22.4. The number of hydrogen-bond acceptors (Lipinski definition) is 3. The van der Waals surface area contributed by atoms with Gasteiger partial charge in [0.05, 0.1) is 5.92 Å². The molecule has 0 unspecified atom stereocenters.